The van der Waals surface area contributed by atoms with Gasteiger partial charge in [-0.15, -0.1) is 0 Å². The van der Waals surface area contributed by atoms with E-state index in [4.69, 9.17) is 31.2 Å². The van der Waals surface area contributed by atoms with Crippen molar-refractivity contribution in [2.24, 2.45) is 0 Å². The van der Waals surface area contributed by atoms with Gasteiger partial charge < -0.3 is 29.6 Å². The molecule has 1 heterocycles. The van der Waals surface area contributed by atoms with Gasteiger partial charge in [-0.05, 0) is 38.5 Å². The van der Waals surface area contributed by atoms with E-state index < -0.39 is 11.7 Å². The molecule has 10 nitrogen and oxygen atoms in total. The lowest BCUT2D eigenvalue weighted by molar-refractivity contribution is 0.0400. The van der Waals surface area contributed by atoms with Gasteiger partial charge in [0.2, 0.25) is 0 Å². The molecular formula is C29H37N3O7S2. The molecule has 0 atom stereocenters. The fraction of sp³-hybridized carbons (Fsp3) is 0.448. The Morgan fingerprint density at radius 2 is 1.56 bits per heavy atom. The van der Waals surface area contributed by atoms with Crippen molar-refractivity contribution in [3.63, 3.8) is 0 Å². The number of carbonyl (C=O) groups is 3. The fourth-order valence-electron chi connectivity index (χ4n) is 3.69. The van der Waals surface area contributed by atoms with Crippen LogP contribution in [0.25, 0.3) is 0 Å². The molecule has 0 aliphatic carbocycles. The van der Waals surface area contributed by atoms with E-state index in [9.17, 15) is 14.4 Å². The Bertz CT molecular complexity index is 1190. The van der Waals surface area contributed by atoms with Crippen molar-refractivity contribution in [1.82, 2.24) is 15.5 Å². The van der Waals surface area contributed by atoms with Crippen molar-refractivity contribution in [3.05, 3.63) is 65.2 Å². The van der Waals surface area contributed by atoms with Crippen molar-refractivity contribution < 1.29 is 33.3 Å². The monoisotopic (exact) mass is 603 g/mol. The van der Waals surface area contributed by atoms with Crippen LogP contribution in [0.3, 0.4) is 0 Å². The van der Waals surface area contributed by atoms with Crippen molar-refractivity contribution in [1.29, 1.82) is 0 Å². The van der Waals surface area contributed by atoms with E-state index in [2.05, 4.69) is 10.6 Å². The Labute approximate surface area is 250 Å². The highest BCUT2D eigenvalue weighted by molar-refractivity contribution is 8.23. The molecule has 12 heteroatoms. The molecule has 1 fully saturated rings. The molecule has 2 aromatic carbocycles. The van der Waals surface area contributed by atoms with Crippen molar-refractivity contribution in [3.8, 4) is 5.75 Å². The largest absolute Gasteiger partial charge is 0.487 e. The molecule has 0 radical (unpaired) electrons. The highest BCUT2D eigenvalue weighted by Crippen LogP contribution is 2.29. The van der Waals surface area contributed by atoms with Gasteiger partial charge in [0.05, 0.1) is 37.6 Å². The Hall–Kier alpha value is -3.19. The molecule has 1 saturated heterocycles. The second kappa shape index (κ2) is 16.3. The topological polar surface area (TPSA) is 115 Å². The molecule has 41 heavy (non-hydrogen) atoms. The molecule has 3 rings (SSSR count). The van der Waals surface area contributed by atoms with Gasteiger partial charge in [-0.2, -0.15) is 0 Å². The molecule has 0 unspecified atom stereocenters. The van der Waals surface area contributed by atoms with E-state index in [1.807, 2.05) is 30.3 Å². The van der Waals surface area contributed by atoms with E-state index >= 15 is 0 Å². The summed E-state index contributed by atoms with van der Waals surface area (Å²) in [5.74, 6) is 0.281. The number of para-hydroxylation sites is 1. The number of carbonyl (C=O) groups excluding carboxylic acids is 3. The molecule has 3 amide bonds. The van der Waals surface area contributed by atoms with Gasteiger partial charge in [-0.1, -0.05) is 60.4 Å². The molecular weight excluding hydrogens is 566 g/mol. The van der Waals surface area contributed by atoms with Crippen LogP contribution < -0.4 is 15.4 Å². The van der Waals surface area contributed by atoms with Gasteiger partial charge in [0.25, 0.3) is 11.8 Å². The number of thiocarbonyl (C=S) groups is 1. The minimum Gasteiger partial charge on any atom is -0.487 e. The summed E-state index contributed by atoms with van der Waals surface area (Å²) in [6.07, 6.45) is -0.491. The Kier molecular flexibility index (Phi) is 12.9. The number of ether oxygens (including phenoxy) is 4. The predicted molar refractivity (Wildman–Crippen MR) is 162 cm³/mol. The van der Waals surface area contributed by atoms with E-state index in [0.717, 1.165) is 11.3 Å². The van der Waals surface area contributed by atoms with Gasteiger partial charge in [-0.3, -0.25) is 14.5 Å². The Morgan fingerprint density at radius 3 is 2.20 bits per heavy atom. The highest BCUT2D eigenvalue weighted by atomic mass is 32.2. The Morgan fingerprint density at radius 1 is 0.902 bits per heavy atom. The molecule has 2 aromatic rings. The first-order chi connectivity index (χ1) is 19.7. The molecule has 1 aliphatic heterocycles. The lowest BCUT2D eigenvalue weighted by atomic mass is 10.1. The van der Waals surface area contributed by atoms with Crippen LogP contribution in [0, 0.1) is 0 Å². The van der Waals surface area contributed by atoms with Gasteiger partial charge in [0.1, 0.15) is 22.3 Å². The highest BCUT2D eigenvalue weighted by Gasteiger charge is 2.29. The summed E-state index contributed by atoms with van der Waals surface area (Å²) in [7, 11) is 0. The molecule has 0 aromatic heterocycles. The third-order valence-electron chi connectivity index (χ3n) is 5.54. The second-order valence-corrected chi connectivity index (χ2v) is 11.7. The van der Waals surface area contributed by atoms with Crippen LogP contribution in [0.1, 0.15) is 47.1 Å². The number of nitrogens with zero attached hydrogens (tertiary/aromatic N) is 1. The molecule has 0 bridgehead atoms. The number of rotatable bonds is 14. The van der Waals surface area contributed by atoms with Crippen LogP contribution in [0.15, 0.2) is 48.5 Å². The number of amides is 3. The smallest absolute Gasteiger partial charge is 0.407 e. The number of alkyl carbamates (subject to hydrolysis) is 1. The zero-order chi connectivity index (χ0) is 29.7. The zero-order valence-electron chi connectivity index (χ0n) is 23.6. The van der Waals surface area contributed by atoms with Crippen molar-refractivity contribution >= 4 is 46.2 Å². The summed E-state index contributed by atoms with van der Waals surface area (Å²) in [5.41, 5.74) is 0.898. The first kappa shape index (κ1) is 32.3. The first-order valence-corrected chi connectivity index (χ1v) is 14.7. The first-order valence-electron chi connectivity index (χ1n) is 13.3. The maximum atomic E-state index is 13.3. The van der Waals surface area contributed by atoms with Crippen LogP contribution in [-0.2, 0) is 20.8 Å². The lowest BCUT2D eigenvalue weighted by Crippen LogP contribution is -2.34. The van der Waals surface area contributed by atoms with Gasteiger partial charge in [0, 0.05) is 25.4 Å². The van der Waals surface area contributed by atoms with Gasteiger partial charge >= 0.3 is 6.09 Å². The molecule has 0 spiro atoms. The average Bonchev–Trinajstić information content (AvgIpc) is 3.37. The summed E-state index contributed by atoms with van der Waals surface area (Å²) in [5, 5.41) is 5.44. The number of hydrogen-bond donors (Lipinski definition) is 2. The minimum absolute atomic E-state index is 0.195. The van der Waals surface area contributed by atoms with Gasteiger partial charge in [0.15, 0.2) is 0 Å². The SMILES string of the molecule is CC(C)(C)OC(=O)NCCOCCOCCNC(=O)c1cccc(C(=O)N2CCSC2=S)c1OCc1ccccc1. The number of thioether (sulfide) groups is 1. The predicted octanol–water partition coefficient (Wildman–Crippen LogP) is 4.03. The fourth-order valence-corrected chi connectivity index (χ4v) is 4.89. The zero-order valence-corrected chi connectivity index (χ0v) is 25.2. The van der Waals surface area contributed by atoms with Crippen molar-refractivity contribution in [2.45, 2.75) is 33.0 Å². The standard InChI is InChI=1S/C29H37N3O7S2/c1-29(2,3)39-27(35)31-13-16-37-18-17-36-15-12-30-25(33)22-10-7-11-23(26(34)32-14-19-41-28(32)40)24(22)38-20-21-8-5-4-6-9-21/h4-11H,12-20H2,1-3H3,(H,30,33)(H,31,35). The minimum atomic E-state index is -0.550. The molecule has 2 N–H and O–H groups in total. The van der Waals surface area contributed by atoms with Crippen LogP contribution in [0.4, 0.5) is 4.79 Å². The van der Waals surface area contributed by atoms with Crippen LogP contribution >= 0.6 is 24.0 Å². The maximum absolute atomic E-state index is 13.3. The Balaban J connectivity index is 1.47. The number of nitrogens with one attached hydrogen (secondary N) is 2. The summed E-state index contributed by atoms with van der Waals surface area (Å²) < 4.78 is 22.7. The van der Waals surface area contributed by atoms with Crippen molar-refractivity contribution in [2.75, 3.05) is 51.8 Å². The third-order valence-corrected chi connectivity index (χ3v) is 6.97. The average molecular weight is 604 g/mol. The number of benzene rings is 2. The summed E-state index contributed by atoms with van der Waals surface area (Å²) in [6, 6.07) is 14.5. The van der Waals surface area contributed by atoms with Crippen LogP contribution in [0.2, 0.25) is 0 Å². The van der Waals surface area contributed by atoms with E-state index in [1.165, 1.54) is 16.7 Å². The third kappa shape index (κ3) is 11.0. The van der Waals surface area contributed by atoms with Crippen LogP contribution in [-0.4, -0.2) is 84.5 Å². The summed E-state index contributed by atoms with van der Waals surface area (Å²) in [4.78, 5) is 39.6. The summed E-state index contributed by atoms with van der Waals surface area (Å²) >= 11 is 6.79. The van der Waals surface area contributed by atoms with E-state index in [0.29, 0.717) is 37.2 Å². The van der Waals surface area contributed by atoms with Crippen LogP contribution in [0.5, 0.6) is 5.75 Å². The normalized spacial score (nSPS) is 13.1. The van der Waals surface area contributed by atoms with E-state index in [-0.39, 0.29) is 48.4 Å². The number of hydrogen-bond acceptors (Lipinski definition) is 9. The second-order valence-electron chi connectivity index (χ2n) is 9.94. The van der Waals surface area contributed by atoms with Gasteiger partial charge in [-0.25, -0.2) is 4.79 Å². The molecule has 1 aliphatic rings. The lowest BCUT2D eigenvalue weighted by Gasteiger charge is -2.19. The molecule has 0 saturated carbocycles. The maximum Gasteiger partial charge on any atom is 0.407 e. The quantitative estimate of drug-likeness (QED) is 0.244. The van der Waals surface area contributed by atoms with E-state index in [1.54, 1.807) is 39.0 Å². The summed E-state index contributed by atoms with van der Waals surface area (Å²) in [6.45, 7) is 7.92. The molecule has 222 valence electrons.